The zero-order valence-electron chi connectivity index (χ0n) is 26.7. The third-order valence-corrected chi connectivity index (χ3v) is 7.68. The maximum Gasteiger partial charge on any atom is 0.221 e. The molecule has 1 saturated heterocycles. The predicted molar refractivity (Wildman–Crippen MR) is 173 cm³/mol. The number of rotatable bonds is 17. The highest BCUT2D eigenvalue weighted by Gasteiger charge is 2.50. The molecule has 4 aromatic carbocycles. The second-order valence-corrected chi connectivity index (χ2v) is 11.6. The van der Waals surface area contributed by atoms with E-state index >= 15 is 0 Å². The maximum atomic E-state index is 6.70. The van der Waals surface area contributed by atoms with Gasteiger partial charge in [-0.2, -0.15) is 9.78 Å². The third kappa shape index (κ3) is 10.3. The van der Waals surface area contributed by atoms with Crippen molar-refractivity contribution in [2.45, 2.75) is 76.8 Å². The Morgan fingerprint density at radius 2 is 0.957 bits per heavy atom. The summed E-state index contributed by atoms with van der Waals surface area (Å²) in [6, 6.07) is 40.0. The van der Waals surface area contributed by atoms with Crippen molar-refractivity contribution in [1.82, 2.24) is 0 Å². The summed E-state index contributed by atoms with van der Waals surface area (Å²) in [4.78, 5) is 11.7. The SMILES string of the molecule is COC(C)(C)OO[C@@H]1O[C@H](COCc2ccccc2)[C@@H](OCc2ccccc2)[C@H](OCc2ccccc2)[C@H]1OCc1ccccc1. The average Bonchev–Trinajstić information content (AvgIpc) is 3.10. The number of hydrogen-bond acceptors (Lipinski definition) is 8. The molecule has 8 heteroatoms. The van der Waals surface area contributed by atoms with Gasteiger partial charge in [0.15, 0.2) is 5.79 Å². The summed E-state index contributed by atoms with van der Waals surface area (Å²) in [6.07, 6.45) is -3.49. The summed E-state index contributed by atoms with van der Waals surface area (Å²) >= 11 is 0. The van der Waals surface area contributed by atoms with Crippen LogP contribution in [-0.2, 0) is 64.6 Å². The van der Waals surface area contributed by atoms with E-state index in [4.69, 9.17) is 38.2 Å². The van der Waals surface area contributed by atoms with Gasteiger partial charge in [0.25, 0.3) is 0 Å². The summed E-state index contributed by atoms with van der Waals surface area (Å²) in [5.41, 5.74) is 4.09. The highest BCUT2D eigenvalue weighted by molar-refractivity contribution is 5.16. The molecule has 0 radical (unpaired) electrons. The van der Waals surface area contributed by atoms with E-state index in [-0.39, 0.29) is 6.61 Å². The summed E-state index contributed by atoms with van der Waals surface area (Å²) in [5.74, 6) is -1.03. The molecule has 8 nitrogen and oxygen atoms in total. The Labute approximate surface area is 272 Å². The molecule has 4 aromatic rings. The van der Waals surface area contributed by atoms with Gasteiger partial charge in [-0.25, -0.2) is 0 Å². The van der Waals surface area contributed by atoms with Gasteiger partial charge in [0.2, 0.25) is 6.29 Å². The van der Waals surface area contributed by atoms with Gasteiger partial charge in [-0.1, -0.05) is 121 Å². The lowest BCUT2D eigenvalue weighted by Gasteiger charge is -2.45. The molecular weight excluding hydrogens is 584 g/mol. The first-order valence-electron chi connectivity index (χ1n) is 15.6. The van der Waals surface area contributed by atoms with Crippen molar-refractivity contribution in [3.05, 3.63) is 144 Å². The lowest BCUT2D eigenvalue weighted by Crippen LogP contribution is -2.62. The molecule has 1 heterocycles. The van der Waals surface area contributed by atoms with Crippen molar-refractivity contribution in [2.75, 3.05) is 13.7 Å². The Balaban J connectivity index is 1.44. The largest absolute Gasteiger partial charge is 0.374 e. The molecule has 0 aliphatic carbocycles. The van der Waals surface area contributed by atoms with Crippen molar-refractivity contribution >= 4 is 0 Å². The Morgan fingerprint density at radius 3 is 1.41 bits per heavy atom. The third-order valence-electron chi connectivity index (χ3n) is 7.68. The highest BCUT2D eigenvalue weighted by atomic mass is 17.3. The first kappa shape index (κ1) is 33.9. The predicted octanol–water partition coefficient (Wildman–Crippen LogP) is 7.02. The first-order chi connectivity index (χ1) is 22.5. The number of hydrogen-bond donors (Lipinski definition) is 0. The Bertz CT molecular complexity index is 1390. The topological polar surface area (TPSA) is 73.8 Å². The van der Waals surface area contributed by atoms with Crippen LogP contribution in [0.15, 0.2) is 121 Å². The molecular formula is C38H44O8. The van der Waals surface area contributed by atoms with Crippen LogP contribution in [0.2, 0.25) is 0 Å². The fourth-order valence-corrected chi connectivity index (χ4v) is 5.02. The van der Waals surface area contributed by atoms with E-state index in [1.54, 1.807) is 21.0 Å². The van der Waals surface area contributed by atoms with Crippen LogP contribution in [0.1, 0.15) is 36.1 Å². The van der Waals surface area contributed by atoms with E-state index in [0.29, 0.717) is 26.4 Å². The molecule has 0 saturated carbocycles. The second kappa shape index (κ2) is 17.5. The van der Waals surface area contributed by atoms with Crippen LogP contribution < -0.4 is 0 Å². The Morgan fingerprint density at radius 1 is 0.543 bits per heavy atom. The number of benzene rings is 4. The van der Waals surface area contributed by atoms with Crippen molar-refractivity contribution in [2.24, 2.45) is 0 Å². The van der Waals surface area contributed by atoms with Gasteiger partial charge in [-0.15, -0.1) is 0 Å². The van der Waals surface area contributed by atoms with E-state index in [2.05, 4.69) is 0 Å². The van der Waals surface area contributed by atoms with Crippen LogP contribution in [0.25, 0.3) is 0 Å². The van der Waals surface area contributed by atoms with Crippen LogP contribution >= 0.6 is 0 Å². The second-order valence-electron chi connectivity index (χ2n) is 11.6. The van der Waals surface area contributed by atoms with Crippen LogP contribution in [0, 0.1) is 0 Å². The maximum absolute atomic E-state index is 6.70. The van der Waals surface area contributed by atoms with Crippen molar-refractivity contribution < 1.29 is 38.2 Å². The Hall–Kier alpha value is -3.44. The quantitative estimate of drug-likeness (QED) is 0.0702. The van der Waals surface area contributed by atoms with E-state index in [1.807, 2.05) is 121 Å². The standard InChI is InChI=1S/C38H44O8/c1-38(2,39-3)46-45-37-36(43-27-32-22-14-7-15-23-32)35(42-26-31-20-12-6-13-21-31)34(41-25-30-18-10-5-11-19-30)33(44-37)28-40-24-29-16-8-4-9-17-29/h4-23,33-37H,24-28H2,1-3H3/t33-,34-,35+,36-,37+/m1/s1. The van der Waals surface area contributed by atoms with Gasteiger partial charge in [-0.3, -0.25) is 0 Å². The molecule has 0 bridgehead atoms. The highest BCUT2D eigenvalue weighted by Crippen LogP contribution is 2.32. The molecule has 0 N–H and O–H groups in total. The van der Waals surface area contributed by atoms with Crippen LogP contribution in [0.5, 0.6) is 0 Å². The van der Waals surface area contributed by atoms with E-state index < -0.39 is 36.5 Å². The summed E-state index contributed by atoms with van der Waals surface area (Å²) in [6.45, 7) is 5.12. The molecule has 0 spiro atoms. The van der Waals surface area contributed by atoms with Crippen molar-refractivity contribution in [3.8, 4) is 0 Å². The van der Waals surface area contributed by atoms with E-state index in [0.717, 1.165) is 22.3 Å². The van der Waals surface area contributed by atoms with Crippen molar-refractivity contribution in [3.63, 3.8) is 0 Å². The van der Waals surface area contributed by atoms with Gasteiger partial charge >= 0.3 is 0 Å². The molecule has 0 aromatic heterocycles. The van der Waals surface area contributed by atoms with Crippen molar-refractivity contribution in [1.29, 1.82) is 0 Å². The molecule has 5 atom stereocenters. The molecule has 0 unspecified atom stereocenters. The monoisotopic (exact) mass is 628 g/mol. The normalized spacial score (nSPS) is 21.7. The first-order valence-corrected chi connectivity index (χ1v) is 15.6. The van der Waals surface area contributed by atoms with Gasteiger partial charge < -0.3 is 28.4 Å². The summed E-state index contributed by atoms with van der Waals surface area (Å²) in [7, 11) is 1.55. The van der Waals surface area contributed by atoms with E-state index in [9.17, 15) is 0 Å². The Kier molecular flexibility index (Phi) is 12.9. The zero-order chi connectivity index (χ0) is 32.0. The smallest absolute Gasteiger partial charge is 0.221 e. The van der Waals surface area contributed by atoms with Crippen LogP contribution in [0.4, 0.5) is 0 Å². The van der Waals surface area contributed by atoms with Gasteiger partial charge in [0.1, 0.15) is 24.4 Å². The lowest BCUT2D eigenvalue weighted by atomic mass is 9.98. The molecule has 1 fully saturated rings. The van der Waals surface area contributed by atoms with Crippen LogP contribution in [0.3, 0.4) is 0 Å². The minimum Gasteiger partial charge on any atom is -0.374 e. The van der Waals surface area contributed by atoms with Gasteiger partial charge in [-0.05, 0) is 36.1 Å². The van der Waals surface area contributed by atoms with E-state index in [1.165, 1.54) is 0 Å². The molecule has 0 amide bonds. The molecule has 244 valence electrons. The lowest BCUT2D eigenvalue weighted by molar-refractivity contribution is -0.489. The fourth-order valence-electron chi connectivity index (χ4n) is 5.02. The summed E-state index contributed by atoms with van der Waals surface area (Å²) in [5, 5.41) is 0. The minimum absolute atomic E-state index is 0.221. The van der Waals surface area contributed by atoms with Crippen LogP contribution in [-0.4, -0.2) is 50.2 Å². The average molecular weight is 629 g/mol. The molecule has 1 aliphatic heterocycles. The zero-order valence-corrected chi connectivity index (χ0v) is 26.7. The summed E-state index contributed by atoms with van der Waals surface area (Å²) < 4.78 is 38.2. The van der Waals surface area contributed by atoms with Gasteiger partial charge in [0.05, 0.1) is 33.0 Å². The fraction of sp³-hybridized carbons (Fsp3) is 0.368. The minimum atomic E-state index is -1.03. The number of methoxy groups -OCH3 is 1. The molecule has 1 aliphatic rings. The molecule has 46 heavy (non-hydrogen) atoms. The van der Waals surface area contributed by atoms with Gasteiger partial charge in [0, 0.05) is 7.11 Å². The number of ether oxygens (including phenoxy) is 6. The molecule has 5 rings (SSSR count).